The minimum Gasteiger partial charge on any atom is -0.504 e. The Hall–Kier alpha value is -5.46. The van der Waals surface area contributed by atoms with Crippen LogP contribution >= 0.6 is 27.5 Å². The smallest absolute Gasteiger partial charge is 0.241 e. The van der Waals surface area contributed by atoms with E-state index in [-0.39, 0.29) is 41.0 Å². The summed E-state index contributed by atoms with van der Waals surface area (Å²) in [7, 11) is 4.59. The molecule has 1 saturated carbocycles. The number of imide groups is 2. The van der Waals surface area contributed by atoms with Crippen molar-refractivity contribution < 1.29 is 42.9 Å². The lowest BCUT2D eigenvalue weighted by molar-refractivity contribution is -0.131. The van der Waals surface area contributed by atoms with Gasteiger partial charge in [0.1, 0.15) is 17.3 Å². The van der Waals surface area contributed by atoms with Crippen LogP contribution in [-0.2, 0) is 19.2 Å². The minimum absolute atomic E-state index is 0.0895. The van der Waals surface area contributed by atoms with Crippen molar-refractivity contribution >= 4 is 74.7 Å². The highest BCUT2D eigenvalue weighted by Gasteiger charge is 2.68. The molecule has 0 spiro atoms. The van der Waals surface area contributed by atoms with Gasteiger partial charge >= 0.3 is 0 Å². The lowest BCUT2D eigenvalue weighted by atomic mass is 9.51. The van der Waals surface area contributed by atoms with E-state index >= 15 is 0 Å². The van der Waals surface area contributed by atoms with Crippen LogP contribution in [0.2, 0.25) is 5.02 Å². The zero-order valence-corrected chi connectivity index (χ0v) is 33.6. The number of hydrogen-bond acceptors (Lipinski definition) is 8. The van der Waals surface area contributed by atoms with Crippen LogP contribution in [0.25, 0.3) is 12.2 Å². The van der Waals surface area contributed by atoms with Crippen LogP contribution < -0.4 is 24.0 Å². The SMILES string of the molecule is COc1ccc(OC)c(C=Cc2ccc(N3C(=O)[C@H]4[C@H](CC=C5[C@H]4C[C@H]4C(=O)N(c6ccc(F)c(Cl)c6)C(=O)[C@@]4(C)[C@H]5c4cc(Br)cc(OC)c4O)C3=O)cc2)c1. The summed E-state index contributed by atoms with van der Waals surface area (Å²) in [4.78, 5) is 60.3. The van der Waals surface area contributed by atoms with Crippen molar-refractivity contribution in [3.05, 3.63) is 116 Å². The molecule has 1 N–H and O–H groups in total. The standard InChI is InChI=1S/C44H37BrClFN2O8/c1-44-32(41(52)49(43(44)54)26-11-15-34(47)33(46)20-26)21-30-28(38(44)31-18-24(45)19-36(57-4)39(31)50)13-14-29-37(30)42(53)48(40(29)51)25-9-6-22(7-10-25)5-8-23-17-27(55-2)12-16-35(23)56-3/h5-13,15-20,29-30,32,37-38,50H,14,21H2,1-4H3/t29-,30+,32-,37-,38+,44+/m0/s1. The zero-order valence-electron chi connectivity index (χ0n) is 31.3. The van der Waals surface area contributed by atoms with Crippen molar-refractivity contribution in [2.45, 2.75) is 25.7 Å². The van der Waals surface area contributed by atoms with Gasteiger partial charge in [0.25, 0.3) is 0 Å². The molecule has 4 aromatic carbocycles. The number of amides is 4. The highest BCUT2D eigenvalue weighted by atomic mass is 79.9. The number of rotatable bonds is 8. The number of aromatic hydroxyl groups is 1. The van der Waals surface area contributed by atoms with Crippen LogP contribution in [0.5, 0.6) is 23.0 Å². The maximum absolute atomic E-state index is 14.7. The number of methoxy groups -OCH3 is 3. The number of allylic oxidation sites excluding steroid dienone is 2. The third-order valence-electron chi connectivity index (χ3n) is 12.1. The Kier molecular flexibility index (Phi) is 9.76. The predicted molar refractivity (Wildman–Crippen MR) is 216 cm³/mol. The largest absolute Gasteiger partial charge is 0.504 e. The van der Waals surface area contributed by atoms with Crippen molar-refractivity contribution in [1.82, 2.24) is 0 Å². The fourth-order valence-corrected chi connectivity index (χ4v) is 9.97. The molecule has 2 heterocycles. The molecule has 8 rings (SSSR count). The zero-order chi connectivity index (χ0) is 40.5. The monoisotopic (exact) mass is 854 g/mol. The van der Waals surface area contributed by atoms with Gasteiger partial charge in [0.15, 0.2) is 11.5 Å². The predicted octanol–water partition coefficient (Wildman–Crippen LogP) is 8.58. The first kappa shape index (κ1) is 38.4. The third kappa shape index (κ3) is 6.03. The number of phenols is 1. The second kappa shape index (κ2) is 14.5. The van der Waals surface area contributed by atoms with Crippen molar-refractivity contribution in [3.8, 4) is 23.0 Å². The first-order valence-electron chi connectivity index (χ1n) is 18.3. The number of ether oxygens (including phenoxy) is 3. The number of carbonyl (C=O) groups excluding carboxylic acids is 4. The molecular weight excluding hydrogens is 819 g/mol. The maximum atomic E-state index is 14.7. The molecule has 6 atom stereocenters. The van der Waals surface area contributed by atoms with E-state index in [0.717, 1.165) is 22.1 Å². The lowest BCUT2D eigenvalue weighted by Crippen LogP contribution is -2.49. The number of phenolic OH excluding ortho intramolecular Hbond substituents is 1. The molecule has 13 heteroatoms. The quantitative estimate of drug-likeness (QED) is 0.106. The molecule has 4 amide bonds. The van der Waals surface area contributed by atoms with Crippen LogP contribution in [-0.4, -0.2) is 50.1 Å². The Bertz CT molecular complexity index is 2440. The molecule has 2 aliphatic carbocycles. The second-order valence-electron chi connectivity index (χ2n) is 14.9. The summed E-state index contributed by atoms with van der Waals surface area (Å²) >= 11 is 9.64. The van der Waals surface area contributed by atoms with Gasteiger partial charge in [0.2, 0.25) is 23.6 Å². The van der Waals surface area contributed by atoms with E-state index in [1.54, 1.807) is 45.4 Å². The van der Waals surface area contributed by atoms with Crippen LogP contribution in [0.15, 0.2) is 88.9 Å². The molecule has 0 bridgehead atoms. The van der Waals surface area contributed by atoms with E-state index in [4.69, 9.17) is 25.8 Å². The summed E-state index contributed by atoms with van der Waals surface area (Å²) in [6.45, 7) is 1.69. The maximum Gasteiger partial charge on any atom is 0.241 e. The molecule has 2 aliphatic heterocycles. The average molecular weight is 856 g/mol. The van der Waals surface area contributed by atoms with Gasteiger partial charge in [-0.05, 0) is 91.9 Å². The van der Waals surface area contributed by atoms with Gasteiger partial charge in [-0.1, -0.05) is 63.5 Å². The van der Waals surface area contributed by atoms with E-state index in [9.17, 15) is 28.7 Å². The Labute approximate surface area is 341 Å². The highest BCUT2D eigenvalue weighted by molar-refractivity contribution is 9.10. The van der Waals surface area contributed by atoms with Crippen molar-refractivity contribution in [3.63, 3.8) is 0 Å². The highest BCUT2D eigenvalue weighted by Crippen LogP contribution is 2.65. The van der Waals surface area contributed by atoms with Crippen LogP contribution in [0, 0.1) is 34.9 Å². The number of halogens is 3. The minimum atomic E-state index is -1.46. The van der Waals surface area contributed by atoms with E-state index in [2.05, 4.69) is 15.9 Å². The molecule has 10 nitrogen and oxygen atoms in total. The summed E-state index contributed by atoms with van der Waals surface area (Å²) in [6, 6.07) is 19.5. The van der Waals surface area contributed by atoms with E-state index in [0.29, 0.717) is 32.8 Å². The number of fused-ring (bicyclic) bond motifs is 4. The fraction of sp³-hybridized carbons (Fsp3) is 0.273. The molecule has 0 aromatic heterocycles. The van der Waals surface area contributed by atoms with Crippen molar-refractivity contribution in [2.24, 2.45) is 29.1 Å². The van der Waals surface area contributed by atoms with Gasteiger partial charge in [-0.25, -0.2) is 9.29 Å². The van der Waals surface area contributed by atoms with Gasteiger partial charge in [0, 0.05) is 21.5 Å². The van der Waals surface area contributed by atoms with Crippen molar-refractivity contribution in [2.75, 3.05) is 31.1 Å². The summed E-state index contributed by atoms with van der Waals surface area (Å²) in [6.07, 6.45) is 5.97. The molecule has 3 fully saturated rings. The Morgan fingerprint density at radius 3 is 2.23 bits per heavy atom. The second-order valence-corrected chi connectivity index (χ2v) is 16.2. The van der Waals surface area contributed by atoms with Gasteiger partial charge in [-0.15, -0.1) is 0 Å². The molecule has 4 aromatic rings. The van der Waals surface area contributed by atoms with Crippen LogP contribution in [0.3, 0.4) is 0 Å². The topological polar surface area (TPSA) is 123 Å². The normalized spacial score (nSPS) is 25.4. The number of carbonyl (C=O) groups is 4. The summed E-state index contributed by atoms with van der Waals surface area (Å²) < 4.78 is 31.2. The van der Waals surface area contributed by atoms with Crippen LogP contribution in [0.1, 0.15) is 42.4 Å². The lowest BCUT2D eigenvalue weighted by Gasteiger charge is -2.49. The van der Waals surface area contributed by atoms with Crippen LogP contribution in [0.4, 0.5) is 15.8 Å². The van der Waals surface area contributed by atoms with Gasteiger partial charge in [-0.2, -0.15) is 0 Å². The summed E-state index contributed by atoms with van der Waals surface area (Å²) in [5, 5.41) is 11.4. The van der Waals surface area contributed by atoms with Gasteiger partial charge in [0.05, 0.1) is 60.9 Å². The third-order valence-corrected chi connectivity index (χ3v) is 12.8. The number of anilines is 2. The molecule has 57 heavy (non-hydrogen) atoms. The summed E-state index contributed by atoms with van der Waals surface area (Å²) in [5.74, 6) is -5.33. The Balaban J connectivity index is 1.16. The van der Waals surface area contributed by atoms with Gasteiger partial charge in [-0.3, -0.25) is 24.1 Å². The Morgan fingerprint density at radius 2 is 1.54 bits per heavy atom. The summed E-state index contributed by atoms with van der Waals surface area (Å²) in [5.41, 5.74) is 1.70. The molecular formula is C44H37BrClFN2O8. The average Bonchev–Trinajstić information content (AvgIpc) is 3.58. The first-order valence-corrected chi connectivity index (χ1v) is 19.5. The van der Waals surface area contributed by atoms with Crippen molar-refractivity contribution in [1.29, 1.82) is 0 Å². The van der Waals surface area contributed by atoms with E-state index < -0.39 is 58.5 Å². The van der Waals surface area contributed by atoms with Gasteiger partial charge < -0.3 is 19.3 Å². The fourth-order valence-electron chi connectivity index (χ4n) is 9.34. The number of benzene rings is 4. The number of nitrogens with zero attached hydrogens (tertiary/aromatic N) is 2. The van der Waals surface area contributed by atoms with E-state index in [1.165, 1.54) is 24.1 Å². The molecule has 0 radical (unpaired) electrons. The molecule has 292 valence electrons. The van der Waals surface area contributed by atoms with E-state index in [1.807, 2.05) is 48.6 Å². The Morgan fingerprint density at radius 1 is 0.825 bits per heavy atom. The molecule has 0 unspecified atom stereocenters. The molecule has 2 saturated heterocycles. The number of hydrogen-bond donors (Lipinski definition) is 1. The first-order chi connectivity index (χ1) is 27.3. The molecule has 4 aliphatic rings.